The van der Waals surface area contributed by atoms with Crippen molar-refractivity contribution in [3.05, 3.63) is 11.6 Å². The Morgan fingerprint density at radius 1 is 1.16 bits per heavy atom. The second-order valence-electron chi connectivity index (χ2n) is 9.52. The van der Waals surface area contributed by atoms with Crippen LogP contribution in [0.5, 0.6) is 0 Å². The van der Waals surface area contributed by atoms with Crippen molar-refractivity contribution >= 4 is 11.9 Å². The summed E-state index contributed by atoms with van der Waals surface area (Å²) in [5, 5.41) is 12.3. The van der Waals surface area contributed by atoms with Gasteiger partial charge in [0.1, 0.15) is 17.6 Å². The smallest absolute Gasteiger partial charge is 0.315 e. The van der Waals surface area contributed by atoms with E-state index in [4.69, 9.17) is 9.47 Å². The molecule has 3 saturated heterocycles. The molecule has 4 bridgehead atoms. The molecule has 5 heteroatoms. The largest absolute Gasteiger partial charge is 0.462 e. The molecule has 9 atom stereocenters. The molecule has 4 aliphatic carbocycles. The summed E-state index contributed by atoms with van der Waals surface area (Å²) in [6, 6.07) is 0. The molecule has 0 radical (unpaired) electrons. The van der Waals surface area contributed by atoms with E-state index in [0.717, 1.165) is 18.4 Å². The first-order valence-electron chi connectivity index (χ1n) is 9.67. The van der Waals surface area contributed by atoms with Crippen molar-refractivity contribution < 1.29 is 24.2 Å². The van der Waals surface area contributed by atoms with Gasteiger partial charge in [-0.15, -0.1) is 0 Å². The fourth-order valence-electron chi connectivity index (χ4n) is 8.06. The topological polar surface area (TPSA) is 72.8 Å². The molecule has 0 aromatic rings. The highest BCUT2D eigenvalue weighted by Crippen LogP contribution is 2.76. The van der Waals surface area contributed by atoms with Crippen LogP contribution in [-0.2, 0) is 19.1 Å². The molecule has 1 N–H and O–H groups in total. The lowest BCUT2D eigenvalue weighted by Gasteiger charge is -2.64. The van der Waals surface area contributed by atoms with E-state index < -0.39 is 16.4 Å². The molecule has 5 nitrogen and oxygen atoms in total. The van der Waals surface area contributed by atoms with Gasteiger partial charge in [-0.3, -0.25) is 9.59 Å². The van der Waals surface area contributed by atoms with Crippen molar-refractivity contribution in [1.29, 1.82) is 0 Å². The first-order chi connectivity index (χ1) is 11.8. The quantitative estimate of drug-likeness (QED) is 0.537. The van der Waals surface area contributed by atoms with Gasteiger partial charge in [-0.05, 0) is 44.6 Å². The molecule has 6 fully saturated rings. The van der Waals surface area contributed by atoms with Crippen molar-refractivity contribution in [1.82, 2.24) is 0 Å². The summed E-state index contributed by atoms with van der Waals surface area (Å²) in [7, 11) is 0. The van der Waals surface area contributed by atoms with Crippen LogP contribution in [0.4, 0.5) is 0 Å². The molecule has 2 spiro atoms. The molecule has 0 aromatic carbocycles. The highest BCUT2D eigenvalue weighted by Gasteiger charge is 2.82. The van der Waals surface area contributed by atoms with E-state index in [1.807, 2.05) is 6.08 Å². The number of hydrogen-bond acceptors (Lipinski definition) is 5. The fraction of sp³-hybridized carbons (Fsp3) is 0.800. The fourth-order valence-corrected chi connectivity index (χ4v) is 8.06. The number of hydrogen-bond donors (Lipinski definition) is 1. The molecule has 0 aromatic heterocycles. The number of fused-ring (bicyclic) bond motifs is 3. The van der Waals surface area contributed by atoms with Gasteiger partial charge in [-0.1, -0.05) is 12.5 Å². The average Bonchev–Trinajstić information content (AvgIpc) is 3.01. The second kappa shape index (κ2) is 3.98. The highest BCUT2D eigenvalue weighted by molar-refractivity contribution is 5.86. The van der Waals surface area contributed by atoms with Gasteiger partial charge in [-0.2, -0.15) is 0 Å². The van der Waals surface area contributed by atoms with E-state index in [-0.39, 0.29) is 47.8 Å². The van der Waals surface area contributed by atoms with Gasteiger partial charge in [0.25, 0.3) is 0 Å². The molecular weight excluding hydrogens is 320 g/mol. The lowest BCUT2D eigenvalue weighted by molar-refractivity contribution is -0.269. The zero-order valence-electron chi connectivity index (χ0n) is 14.7. The van der Waals surface area contributed by atoms with Gasteiger partial charge < -0.3 is 14.6 Å². The molecule has 25 heavy (non-hydrogen) atoms. The predicted molar refractivity (Wildman–Crippen MR) is 86.1 cm³/mol. The Kier molecular flexibility index (Phi) is 2.35. The lowest BCUT2D eigenvalue weighted by atomic mass is 9.42. The van der Waals surface area contributed by atoms with Crippen LogP contribution in [0, 0.1) is 34.5 Å². The van der Waals surface area contributed by atoms with Crippen LogP contribution >= 0.6 is 0 Å². The minimum atomic E-state index is -1.18. The van der Waals surface area contributed by atoms with Crippen LogP contribution in [0.1, 0.15) is 46.0 Å². The third kappa shape index (κ3) is 1.26. The maximum atomic E-state index is 13.0. The van der Waals surface area contributed by atoms with Crippen molar-refractivity contribution in [2.75, 3.05) is 0 Å². The first-order valence-corrected chi connectivity index (χ1v) is 9.67. The summed E-state index contributed by atoms with van der Waals surface area (Å²) in [5.74, 6) is -0.263. The highest BCUT2D eigenvalue weighted by atomic mass is 16.6. The van der Waals surface area contributed by atoms with Gasteiger partial charge in [0.05, 0.1) is 11.0 Å². The summed E-state index contributed by atoms with van der Waals surface area (Å²) in [4.78, 5) is 25.9. The van der Waals surface area contributed by atoms with E-state index in [2.05, 4.69) is 13.8 Å². The predicted octanol–water partition coefficient (Wildman–Crippen LogP) is 1.98. The van der Waals surface area contributed by atoms with Crippen molar-refractivity contribution in [3.63, 3.8) is 0 Å². The third-order valence-corrected chi connectivity index (χ3v) is 9.01. The Balaban J connectivity index is 1.65. The second-order valence-corrected chi connectivity index (χ2v) is 9.52. The zero-order valence-corrected chi connectivity index (χ0v) is 14.7. The molecule has 7 aliphatic rings. The monoisotopic (exact) mass is 344 g/mol. The van der Waals surface area contributed by atoms with Gasteiger partial charge in [0.2, 0.25) is 0 Å². The van der Waals surface area contributed by atoms with Crippen molar-refractivity contribution in [3.8, 4) is 0 Å². The number of carbonyl (C=O) groups is 2. The van der Waals surface area contributed by atoms with E-state index in [1.54, 1.807) is 0 Å². The maximum absolute atomic E-state index is 13.0. The van der Waals surface area contributed by atoms with Gasteiger partial charge in [0, 0.05) is 24.2 Å². The van der Waals surface area contributed by atoms with Crippen LogP contribution in [0.15, 0.2) is 11.6 Å². The van der Waals surface area contributed by atoms with Gasteiger partial charge >= 0.3 is 11.9 Å². The number of carbonyl (C=O) groups excluding carboxylic acids is 2. The van der Waals surface area contributed by atoms with Gasteiger partial charge in [-0.25, -0.2) is 0 Å². The Labute approximate surface area is 146 Å². The lowest BCUT2D eigenvalue weighted by Crippen LogP contribution is -2.72. The minimum absolute atomic E-state index is 0.0673. The van der Waals surface area contributed by atoms with Gasteiger partial charge in [0.15, 0.2) is 0 Å². The summed E-state index contributed by atoms with van der Waals surface area (Å²) in [5.41, 5.74) is -1.53. The standard InChI is InChI=1S/C20H24O5/c1-9-5-11-8-18(16(21)24-11)3-4-19-10(2)6-14(25-17(19)22)12-7-13(9)20(18,23)15(12)19/h5,10-15,23H,3-4,6-8H2,1-2H3/t10-,11+,12-,13-,14+,15-,18-,19-,20+/m1/s1. The molecule has 7 rings (SSSR count). The van der Waals surface area contributed by atoms with Crippen LogP contribution in [-0.4, -0.2) is 34.9 Å². The minimum Gasteiger partial charge on any atom is -0.462 e. The summed E-state index contributed by atoms with van der Waals surface area (Å²) in [6.07, 6.45) is 5.15. The number of rotatable bonds is 0. The normalized spacial score (nSPS) is 60.5. The third-order valence-electron chi connectivity index (χ3n) is 9.01. The molecule has 3 aliphatic heterocycles. The number of aliphatic hydroxyl groups is 1. The van der Waals surface area contributed by atoms with E-state index >= 15 is 0 Å². The van der Waals surface area contributed by atoms with E-state index in [1.165, 1.54) is 0 Å². The molecule has 0 unspecified atom stereocenters. The maximum Gasteiger partial charge on any atom is 0.315 e. The number of esters is 2. The van der Waals surface area contributed by atoms with E-state index in [0.29, 0.717) is 19.3 Å². The SMILES string of the molecule is CC1=C[C@H]2C[C@]3(CC[C@@]45C(=O)O[C@@H](C[C@H]4C)[C@H]4C[C@H]1[C@]3(O)[C@H]45)C(=O)O2. The van der Waals surface area contributed by atoms with Crippen LogP contribution in [0.3, 0.4) is 0 Å². The van der Waals surface area contributed by atoms with E-state index in [9.17, 15) is 14.7 Å². The molecule has 0 amide bonds. The number of ether oxygens (including phenoxy) is 2. The Morgan fingerprint density at radius 3 is 2.72 bits per heavy atom. The summed E-state index contributed by atoms with van der Waals surface area (Å²) >= 11 is 0. The molecule has 134 valence electrons. The zero-order chi connectivity index (χ0) is 17.4. The molecular formula is C20H24O5. The first kappa shape index (κ1) is 14.8. The molecule has 3 saturated carbocycles. The average molecular weight is 344 g/mol. The van der Waals surface area contributed by atoms with Crippen LogP contribution in [0.25, 0.3) is 0 Å². The Bertz CT molecular complexity index is 757. The van der Waals surface area contributed by atoms with Crippen LogP contribution < -0.4 is 0 Å². The van der Waals surface area contributed by atoms with Crippen molar-refractivity contribution in [2.45, 2.75) is 63.8 Å². The Hall–Kier alpha value is -1.36. The molecule has 3 heterocycles. The Morgan fingerprint density at radius 2 is 1.96 bits per heavy atom. The summed E-state index contributed by atoms with van der Waals surface area (Å²) < 4.78 is 11.5. The van der Waals surface area contributed by atoms with Crippen molar-refractivity contribution in [2.24, 2.45) is 34.5 Å². The van der Waals surface area contributed by atoms with Crippen LogP contribution in [0.2, 0.25) is 0 Å². The summed E-state index contributed by atoms with van der Waals surface area (Å²) in [6.45, 7) is 4.19.